The number of rotatable bonds is 46. The summed E-state index contributed by atoms with van der Waals surface area (Å²) in [6, 6.07) is 0. The van der Waals surface area contributed by atoms with Crippen LogP contribution in [0.25, 0.3) is 0 Å². The van der Waals surface area contributed by atoms with Gasteiger partial charge < -0.3 is 14.2 Å². The average molecular weight is 841 g/mol. The summed E-state index contributed by atoms with van der Waals surface area (Å²) in [6.45, 7) is 6.50. The molecule has 0 N–H and O–H groups in total. The highest BCUT2D eigenvalue weighted by atomic mass is 16.6. The van der Waals surface area contributed by atoms with Crippen LogP contribution < -0.4 is 0 Å². The summed E-state index contributed by atoms with van der Waals surface area (Å²) >= 11 is 0. The van der Waals surface area contributed by atoms with Crippen LogP contribution in [0.15, 0.2) is 48.6 Å². The standard InChI is InChI=1S/C54H96O6/c1-4-7-10-13-16-19-21-23-25-26-27-28-29-31-32-35-38-41-44-47-53(56)59-50-51(49-58-52(55)46-43-40-37-34-18-15-12-9-6-3)60-54(57)48-45-42-39-36-33-30-24-22-20-17-14-11-8-5-2/h7,10,16,19,23,25,30,33,51H,4-6,8-9,11-15,17-18,20-22,24,26-29,31-32,34-50H2,1-3H3/b10-7-,19-16-,25-23-,33-30-. The van der Waals surface area contributed by atoms with Crippen molar-refractivity contribution in [3.8, 4) is 0 Å². The predicted octanol–water partition coefficient (Wildman–Crippen LogP) is 16.7. The zero-order chi connectivity index (χ0) is 43.7. The van der Waals surface area contributed by atoms with Crippen molar-refractivity contribution in [3.05, 3.63) is 48.6 Å². The van der Waals surface area contributed by atoms with Crippen LogP contribution in [-0.2, 0) is 28.6 Å². The Bertz CT molecular complexity index is 1060. The van der Waals surface area contributed by atoms with E-state index in [1.807, 2.05) is 0 Å². The zero-order valence-corrected chi connectivity index (χ0v) is 39.7. The molecule has 0 aliphatic carbocycles. The van der Waals surface area contributed by atoms with Gasteiger partial charge >= 0.3 is 17.9 Å². The maximum absolute atomic E-state index is 12.8. The second kappa shape index (κ2) is 49.0. The van der Waals surface area contributed by atoms with Gasteiger partial charge in [-0.1, -0.05) is 211 Å². The first-order valence-electron chi connectivity index (χ1n) is 25.6. The fraction of sp³-hybridized carbons (Fsp3) is 0.796. The van der Waals surface area contributed by atoms with E-state index in [4.69, 9.17) is 14.2 Å². The molecule has 60 heavy (non-hydrogen) atoms. The molecule has 0 fully saturated rings. The maximum atomic E-state index is 12.8. The van der Waals surface area contributed by atoms with E-state index in [2.05, 4.69) is 69.4 Å². The molecule has 0 aromatic carbocycles. The van der Waals surface area contributed by atoms with E-state index in [9.17, 15) is 14.4 Å². The van der Waals surface area contributed by atoms with Crippen molar-refractivity contribution < 1.29 is 28.6 Å². The van der Waals surface area contributed by atoms with Gasteiger partial charge in [0.2, 0.25) is 0 Å². The number of unbranched alkanes of at least 4 members (excludes halogenated alkanes) is 27. The van der Waals surface area contributed by atoms with Gasteiger partial charge in [0, 0.05) is 19.3 Å². The molecule has 1 unspecified atom stereocenters. The number of esters is 3. The summed E-state index contributed by atoms with van der Waals surface area (Å²) in [5, 5.41) is 0. The number of carbonyl (C=O) groups excluding carboxylic acids is 3. The molecule has 0 aromatic heterocycles. The van der Waals surface area contributed by atoms with Crippen molar-refractivity contribution >= 4 is 17.9 Å². The molecule has 0 saturated carbocycles. The van der Waals surface area contributed by atoms with Crippen LogP contribution in [0.2, 0.25) is 0 Å². The minimum atomic E-state index is -0.778. The number of allylic oxidation sites excluding steroid dienone is 8. The van der Waals surface area contributed by atoms with Gasteiger partial charge in [0.25, 0.3) is 0 Å². The van der Waals surface area contributed by atoms with Crippen molar-refractivity contribution in [1.29, 1.82) is 0 Å². The quantitative estimate of drug-likeness (QED) is 0.0263. The van der Waals surface area contributed by atoms with Crippen molar-refractivity contribution in [3.63, 3.8) is 0 Å². The first-order chi connectivity index (χ1) is 29.5. The minimum absolute atomic E-state index is 0.0788. The first-order valence-corrected chi connectivity index (χ1v) is 25.6. The lowest BCUT2D eigenvalue weighted by Gasteiger charge is -2.18. The molecular weight excluding hydrogens is 745 g/mol. The van der Waals surface area contributed by atoms with Crippen molar-refractivity contribution in [2.45, 2.75) is 264 Å². The minimum Gasteiger partial charge on any atom is -0.462 e. The van der Waals surface area contributed by atoms with Crippen LogP contribution in [0.4, 0.5) is 0 Å². The van der Waals surface area contributed by atoms with Crippen molar-refractivity contribution in [2.24, 2.45) is 0 Å². The van der Waals surface area contributed by atoms with E-state index >= 15 is 0 Å². The van der Waals surface area contributed by atoms with Gasteiger partial charge in [-0.15, -0.1) is 0 Å². The summed E-state index contributed by atoms with van der Waals surface area (Å²) in [5.74, 6) is -0.897. The third-order valence-corrected chi connectivity index (χ3v) is 11.1. The normalized spacial score (nSPS) is 12.4. The van der Waals surface area contributed by atoms with Crippen molar-refractivity contribution in [2.75, 3.05) is 13.2 Å². The fourth-order valence-corrected chi connectivity index (χ4v) is 7.22. The topological polar surface area (TPSA) is 78.9 Å². The van der Waals surface area contributed by atoms with Gasteiger partial charge in [-0.3, -0.25) is 14.4 Å². The Balaban J connectivity index is 4.31. The molecule has 0 spiro atoms. The third-order valence-electron chi connectivity index (χ3n) is 11.1. The fourth-order valence-electron chi connectivity index (χ4n) is 7.22. The second-order valence-electron chi connectivity index (χ2n) is 17.1. The lowest BCUT2D eigenvalue weighted by molar-refractivity contribution is -0.167. The molecule has 1 atom stereocenters. The Morgan fingerprint density at radius 2 is 0.650 bits per heavy atom. The van der Waals surface area contributed by atoms with Crippen LogP contribution in [0, 0.1) is 0 Å². The molecule has 0 aromatic rings. The summed E-state index contributed by atoms with van der Waals surface area (Å²) in [4.78, 5) is 37.9. The number of carbonyl (C=O) groups is 3. The highest BCUT2D eigenvalue weighted by Gasteiger charge is 2.19. The van der Waals surface area contributed by atoms with Crippen molar-refractivity contribution in [1.82, 2.24) is 0 Å². The molecule has 0 heterocycles. The Morgan fingerprint density at radius 3 is 1.05 bits per heavy atom. The van der Waals surface area contributed by atoms with Crippen LogP contribution in [-0.4, -0.2) is 37.2 Å². The summed E-state index contributed by atoms with van der Waals surface area (Å²) in [7, 11) is 0. The molecule has 348 valence electrons. The highest BCUT2D eigenvalue weighted by Crippen LogP contribution is 2.15. The molecule has 0 rings (SSSR count). The van der Waals surface area contributed by atoms with E-state index < -0.39 is 6.10 Å². The molecule has 0 saturated heterocycles. The van der Waals surface area contributed by atoms with Gasteiger partial charge in [0.15, 0.2) is 6.10 Å². The molecule has 0 amide bonds. The lowest BCUT2D eigenvalue weighted by atomic mass is 10.1. The summed E-state index contributed by atoms with van der Waals surface area (Å²) < 4.78 is 16.7. The molecular formula is C54H96O6. The van der Waals surface area contributed by atoms with Crippen LogP contribution in [0.1, 0.15) is 258 Å². The molecule has 0 aliphatic heterocycles. The Labute approximate surface area is 371 Å². The highest BCUT2D eigenvalue weighted by molar-refractivity contribution is 5.71. The van der Waals surface area contributed by atoms with E-state index in [1.54, 1.807) is 0 Å². The Kier molecular flexibility index (Phi) is 46.9. The van der Waals surface area contributed by atoms with Crippen LogP contribution >= 0.6 is 0 Å². The van der Waals surface area contributed by atoms with E-state index in [-0.39, 0.29) is 31.1 Å². The smallest absolute Gasteiger partial charge is 0.306 e. The summed E-state index contributed by atoms with van der Waals surface area (Å²) in [5.41, 5.74) is 0. The Hall–Kier alpha value is -2.63. The number of hydrogen-bond acceptors (Lipinski definition) is 6. The second-order valence-corrected chi connectivity index (χ2v) is 17.1. The van der Waals surface area contributed by atoms with Gasteiger partial charge in [-0.2, -0.15) is 0 Å². The first kappa shape index (κ1) is 57.4. The van der Waals surface area contributed by atoms with Gasteiger partial charge in [-0.25, -0.2) is 0 Å². The average Bonchev–Trinajstić information content (AvgIpc) is 3.24. The maximum Gasteiger partial charge on any atom is 0.306 e. The SMILES string of the molecule is CC/C=C\C/C=C\C/C=C\CCCCCCCCCCCC(=O)OCC(COC(=O)CCCCCCCCCCC)OC(=O)CCCCC/C=C\CCCCCCCCC. The van der Waals surface area contributed by atoms with Gasteiger partial charge in [0.05, 0.1) is 0 Å². The van der Waals surface area contributed by atoms with E-state index in [0.717, 1.165) is 89.9 Å². The largest absolute Gasteiger partial charge is 0.462 e. The molecule has 6 heteroatoms. The molecule has 0 bridgehead atoms. The van der Waals surface area contributed by atoms with Gasteiger partial charge in [-0.05, 0) is 77.0 Å². The molecule has 6 nitrogen and oxygen atoms in total. The monoisotopic (exact) mass is 841 g/mol. The van der Waals surface area contributed by atoms with E-state index in [0.29, 0.717) is 19.3 Å². The predicted molar refractivity (Wildman–Crippen MR) is 256 cm³/mol. The van der Waals surface area contributed by atoms with Gasteiger partial charge in [0.1, 0.15) is 13.2 Å². The molecule has 0 radical (unpaired) electrons. The lowest BCUT2D eigenvalue weighted by Crippen LogP contribution is -2.30. The third kappa shape index (κ3) is 46.4. The zero-order valence-electron chi connectivity index (χ0n) is 39.7. The number of ether oxygens (including phenoxy) is 3. The summed E-state index contributed by atoms with van der Waals surface area (Å²) in [6.07, 6.45) is 58.1. The van der Waals surface area contributed by atoms with Crippen LogP contribution in [0.3, 0.4) is 0 Å². The Morgan fingerprint density at radius 1 is 0.350 bits per heavy atom. The van der Waals surface area contributed by atoms with Crippen LogP contribution in [0.5, 0.6) is 0 Å². The van der Waals surface area contributed by atoms with E-state index in [1.165, 1.54) is 128 Å². The molecule has 0 aliphatic rings. The number of hydrogen-bond donors (Lipinski definition) is 0.